The zero-order valence-corrected chi connectivity index (χ0v) is 18.4. The van der Waals surface area contributed by atoms with E-state index in [0.717, 1.165) is 44.5 Å². The van der Waals surface area contributed by atoms with E-state index in [-0.39, 0.29) is 11.8 Å². The molecule has 0 radical (unpaired) electrons. The Labute approximate surface area is 184 Å². The predicted octanol–water partition coefficient (Wildman–Crippen LogP) is 4.99. The number of fused-ring (bicyclic) bond motifs is 1. The smallest absolute Gasteiger partial charge is 0.265 e. The maximum Gasteiger partial charge on any atom is 0.265 e. The summed E-state index contributed by atoms with van der Waals surface area (Å²) in [4.78, 5) is 27.3. The molecule has 5 heteroatoms. The number of nitrogens with zero attached hydrogens (tertiary/aromatic N) is 1. The Kier molecular flexibility index (Phi) is 6.90. The highest BCUT2D eigenvalue weighted by molar-refractivity contribution is 5.97. The second-order valence-electron chi connectivity index (χ2n) is 8.57. The molecule has 2 aliphatic rings. The van der Waals surface area contributed by atoms with Crippen LogP contribution in [0.15, 0.2) is 42.5 Å². The lowest BCUT2D eigenvalue weighted by Crippen LogP contribution is -2.35. The molecule has 1 saturated heterocycles. The van der Waals surface area contributed by atoms with Gasteiger partial charge in [0.2, 0.25) is 0 Å². The number of aryl methyl sites for hydroxylation is 2. The molecule has 2 amide bonds. The Bertz CT molecular complexity index is 917. The largest absolute Gasteiger partial charge is 0.481 e. The van der Waals surface area contributed by atoms with E-state index in [1.807, 2.05) is 17.9 Å². The number of nitrogens with one attached hydrogen (secondary N) is 1. The second-order valence-corrected chi connectivity index (χ2v) is 8.57. The second kappa shape index (κ2) is 9.99. The first-order chi connectivity index (χ1) is 15.1. The third-order valence-corrected chi connectivity index (χ3v) is 6.30. The Morgan fingerprint density at radius 1 is 0.935 bits per heavy atom. The van der Waals surface area contributed by atoms with Gasteiger partial charge in [0.15, 0.2) is 6.10 Å². The van der Waals surface area contributed by atoms with Crippen molar-refractivity contribution in [2.45, 2.75) is 64.4 Å². The third-order valence-electron chi connectivity index (χ3n) is 6.30. The van der Waals surface area contributed by atoms with Crippen LogP contribution in [0.5, 0.6) is 5.75 Å². The molecule has 0 saturated carbocycles. The molecule has 1 N–H and O–H groups in total. The zero-order chi connectivity index (χ0) is 21.6. The Morgan fingerprint density at radius 2 is 1.65 bits per heavy atom. The van der Waals surface area contributed by atoms with Crippen molar-refractivity contribution in [2.75, 3.05) is 18.4 Å². The topological polar surface area (TPSA) is 58.6 Å². The van der Waals surface area contributed by atoms with Gasteiger partial charge in [-0.25, -0.2) is 0 Å². The molecule has 0 spiro atoms. The fourth-order valence-corrected chi connectivity index (χ4v) is 4.47. The van der Waals surface area contributed by atoms with E-state index in [2.05, 4.69) is 17.4 Å². The molecule has 2 aromatic rings. The third kappa shape index (κ3) is 5.27. The van der Waals surface area contributed by atoms with Gasteiger partial charge in [0.1, 0.15) is 5.75 Å². The maximum absolute atomic E-state index is 12.8. The predicted molar refractivity (Wildman–Crippen MR) is 123 cm³/mol. The summed E-state index contributed by atoms with van der Waals surface area (Å²) in [7, 11) is 0. The number of benzene rings is 2. The van der Waals surface area contributed by atoms with Crippen LogP contribution in [0, 0.1) is 0 Å². The number of piperidine rings is 1. The van der Waals surface area contributed by atoms with Gasteiger partial charge in [0.25, 0.3) is 11.8 Å². The molecule has 1 aliphatic carbocycles. The molecular formula is C26H32N2O3. The van der Waals surface area contributed by atoms with E-state index in [0.29, 0.717) is 17.7 Å². The van der Waals surface area contributed by atoms with Crippen LogP contribution in [-0.4, -0.2) is 35.9 Å². The van der Waals surface area contributed by atoms with Crippen molar-refractivity contribution in [1.29, 1.82) is 0 Å². The fourth-order valence-electron chi connectivity index (χ4n) is 4.47. The van der Waals surface area contributed by atoms with Crippen LogP contribution >= 0.6 is 0 Å². The molecule has 1 heterocycles. The highest BCUT2D eigenvalue weighted by Crippen LogP contribution is 2.26. The van der Waals surface area contributed by atoms with Crippen LogP contribution in [0.2, 0.25) is 0 Å². The van der Waals surface area contributed by atoms with Crippen molar-refractivity contribution in [2.24, 2.45) is 0 Å². The molecule has 5 nitrogen and oxygen atoms in total. The van der Waals surface area contributed by atoms with Gasteiger partial charge < -0.3 is 15.0 Å². The maximum atomic E-state index is 12.8. The molecule has 4 rings (SSSR count). The average molecular weight is 421 g/mol. The van der Waals surface area contributed by atoms with E-state index >= 15 is 0 Å². The number of hydrogen-bond donors (Lipinski definition) is 1. The van der Waals surface area contributed by atoms with Crippen LogP contribution in [-0.2, 0) is 17.6 Å². The van der Waals surface area contributed by atoms with Gasteiger partial charge in [-0.2, -0.15) is 0 Å². The van der Waals surface area contributed by atoms with E-state index < -0.39 is 6.10 Å². The lowest BCUT2D eigenvalue weighted by atomic mass is 9.92. The van der Waals surface area contributed by atoms with E-state index in [1.165, 1.54) is 30.4 Å². The Hall–Kier alpha value is -2.82. The van der Waals surface area contributed by atoms with Crippen LogP contribution < -0.4 is 10.1 Å². The van der Waals surface area contributed by atoms with Crippen LogP contribution in [0.3, 0.4) is 0 Å². The highest BCUT2D eigenvalue weighted by atomic mass is 16.5. The SMILES string of the molecule is CC[C@H](Oc1ccc2c(c1)CCCC2)C(=O)Nc1ccc(C(=O)N2CCCCC2)cc1. The number of hydrogen-bond acceptors (Lipinski definition) is 3. The van der Waals surface area contributed by atoms with Crippen LogP contribution in [0.25, 0.3) is 0 Å². The first-order valence-corrected chi connectivity index (χ1v) is 11.6. The van der Waals surface area contributed by atoms with Crippen molar-refractivity contribution in [1.82, 2.24) is 4.90 Å². The number of likely N-dealkylation sites (tertiary alicyclic amines) is 1. The molecule has 1 aliphatic heterocycles. The van der Waals surface area contributed by atoms with Crippen molar-refractivity contribution in [3.05, 3.63) is 59.2 Å². The molecule has 0 aromatic heterocycles. The van der Waals surface area contributed by atoms with E-state index in [9.17, 15) is 9.59 Å². The molecule has 1 fully saturated rings. The van der Waals surface area contributed by atoms with Crippen molar-refractivity contribution < 1.29 is 14.3 Å². The first-order valence-electron chi connectivity index (χ1n) is 11.6. The molecule has 2 aromatic carbocycles. The minimum Gasteiger partial charge on any atom is -0.481 e. The molecule has 164 valence electrons. The molecule has 31 heavy (non-hydrogen) atoms. The zero-order valence-electron chi connectivity index (χ0n) is 18.4. The molecular weight excluding hydrogens is 388 g/mol. The van der Waals surface area contributed by atoms with Gasteiger partial charge in [-0.1, -0.05) is 13.0 Å². The number of carbonyl (C=O) groups excluding carboxylic acids is 2. The standard InChI is InChI=1S/C26H32N2O3/c1-2-24(31-23-15-12-19-8-4-5-9-21(19)18-23)25(29)27-22-13-10-20(11-14-22)26(30)28-16-6-3-7-17-28/h10-15,18,24H,2-9,16-17H2,1H3,(H,27,29)/t24-/m0/s1. The molecule has 1 atom stereocenters. The highest BCUT2D eigenvalue weighted by Gasteiger charge is 2.21. The van der Waals surface area contributed by atoms with Crippen molar-refractivity contribution in [3.8, 4) is 5.75 Å². The van der Waals surface area contributed by atoms with Gasteiger partial charge in [0, 0.05) is 24.3 Å². The molecule has 0 bridgehead atoms. The Morgan fingerprint density at radius 3 is 2.35 bits per heavy atom. The van der Waals surface area contributed by atoms with Crippen LogP contribution in [0.4, 0.5) is 5.69 Å². The summed E-state index contributed by atoms with van der Waals surface area (Å²) in [6.45, 7) is 3.61. The first kappa shape index (κ1) is 21.4. The summed E-state index contributed by atoms with van der Waals surface area (Å²) in [5.74, 6) is 0.653. The number of carbonyl (C=O) groups is 2. The van der Waals surface area contributed by atoms with Crippen LogP contribution in [0.1, 0.15) is 66.9 Å². The van der Waals surface area contributed by atoms with Gasteiger partial charge in [-0.3, -0.25) is 9.59 Å². The number of rotatable bonds is 6. The van der Waals surface area contributed by atoms with E-state index in [1.54, 1.807) is 24.3 Å². The van der Waals surface area contributed by atoms with Gasteiger partial charge >= 0.3 is 0 Å². The van der Waals surface area contributed by atoms with Crippen molar-refractivity contribution >= 4 is 17.5 Å². The minimum atomic E-state index is -0.559. The van der Waals surface area contributed by atoms with Gasteiger partial charge in [0.05, 0.1) is 0 Å². The average Bonchev–Trinajstić information content (AvgIpc) is 2.83. The Balaban J connectivity index is 1.36. The molecule has 0 unspecified atom stereocenters. The lowest BCUT2D eigenvalue weighted by Gasteiger charge is -2.26. The number of anilines is 1. The lowest BCUT2D eigenvalue weighted by molar-refractivity contribution is -0.122. The summed E-state index contributed by atoms with van der Waals surface area (Å²) < 4.78 is 6.03. The van der Waals surface area contributed by atoms with Gasteiger partial charge in [-0.05, 0) is 98.9 Å². The normalized spacial score (nSPS) is 16.9. The number of amides is 2. The summed E-state index contributed by atoms with van der Waals surface area (Å²) in [6.07, 6.45) is 8.03. The fraction of sp³-hybridized carbons (Fsp3) is 0.462. The van der Waals surface area contributed by atoms with Gasteiger partial charge in [-0.15, -0.1) is 0 Å². The summed E-state index contributed by atoms with van der Waals surface area (Å²) in [6, 6.07) is 13.4. The summed E-state index contributed by atoms with van der Waals surface area (Å²) in [5.41, 5.74) is 4.08. The van der Waals surface area contributed by atoms with E-state index in [4.69, 9.17) is 4.74 Å². The monoisotopic (exact) mass is 420 g/mol. The van der Waals surface area contributed by atoms with Crippen molar-refractivity contribution in [3.63, 3.8) is 0 Å². The minimum absolute atomic E-state index is 0.0692. The quantitative estimate of drug-likeness (QED) is 0.716. The number of ether oxygens (including phenoxy) is 1. The summed E-state index contributed by atoms with van der Waals surface area (Å²) in [5, 5.41) is 2.93. The summed E-state index contributed by atoms with van der Waals surface area (Å²) >= 11 is 0.